The van der Waals surface area contributed by atoms with E-state index in [2.05, 4.69) is 29.3 Å². The lowest BCUT2D eigenvalue weighted by molar-refractivity contribution is 0.0600. The molecule has 1 aliphatic rings. The summed E-state index contributed by atoms with van der Waals surface area (Å²) in [6, 6.07) is 1.59. The smallest absolute Gasteiger partial charge is 0.341 e. The molecule has 0 saturated heterocycles. The third-order valence-corrected chi connectivity index (χ3v) is 4.13. The second-order valence-electron chi connectivity index (χ2n) is 5.48. The maximum Gasteiger partial charge on any atom is 0.341 e. The first-order valence-electron chi connectivity index (χ1n) is 6.74. The summed E-state index contributed by atoms with van der Waals surface area (Å²) in [4.78, 5) is 18.2. The topological polar surface area (TPSA) is 80.5 Å². The third-order valence-electron chi connectivity index (χ3n) is 4.13. The van der Waals surface area contributed by atoms with Gasteiger partial charge in [-0.1, -0.05) is 0 Å². The molecule has 0 spiro atoms. The Bertz CT molecular complexity index is 498. The summed E-state index contributed by atoms with van der Waals surface area (Å²) in [7, 11) is 5.51. The minimum Gasteiger partial charge on any atom is -0.465 e. The number of aromatic nitrogens is 1. The Morgan fingerprint density at radius 2 is 2.25 bits per heavy atom. The van der Waals surface area contributed by atoms with Crippen LogP contribution in [0.15, 0.2) is 12.3 Å². The van der Waals surface area contributed by atoms with E-state index in [4.69, 9.17) is 10.5 Å². The number of nitrogen functional groups attached to an aromatic ring is 1. The molecule has 1 aromatic rings. The van der Waals surface area contributed by atoms with Crippen LogP contribution in [0, 0.1) is 0 Å². The van der Waals surface area contributed by atoms with E-state index in [0.29, 0.717) is 17.1 Å². The molecule has 0 radical (unpaired) electrons. The second-order valence-corrected chi connectivity index (χ2v) is 5.48. The zero-order chi connectivity index (χ0) is 14.8. The van der Waals surface area contributed by atoms with E-state index in [0.717, 1.165) is 19.4 Å². The van der Waals surface area contributed by atoms with Gasteiger partial charge in [0.2, 0.25) is 0 Å². The number of ether oxygens (including phenoxy) is 1. The van der Waals surface area contributed by atoms with Gasteiger partial charge >= 0.3 is 5.97 Å². The molecular weight excluding hydrogens is 256 g/mol. The number of nitrogens with one attached hydrogen (secondary N) is 1. The number of hydrogen-bond acceptors (Lipinski definition) is 6. The van der Waals surface area contributed by atoms with Crippen molar-refractivity contribution in [2.75, 3.05) is 38.8 Å². The van der Waals surface area contributed by atoms with Crippen LogP contribution in [-0.2, 0) is 4.74 Å². The van der Waals surface area contributed by atoms with Crippen LogP contribution in [0.3, 0.4) is 0 Å². The van der Waals surface area contributed by atoms with Gasteiger partial charge in [0, 0.05) is 12.1 Å². The van der Waals surface area contributed by atoms with Crippen molar-refractivity contribution < 1.29 is 9.53 Å². The van der Waals surface area contributed by atoms with Crippen molar-refractivity contribution in [1.29, 1.82) is 0 Å². The van der Waals surface area contributed by atoms with Crippen LogP contribution in [0.1, 0.15) is 29.6 Å². The minimum atomic E-state index is -0.431. The highest BCUT2D eigenvalue weighted by molar-refractivity contribution is 5.95. The average molecular weight is 278 g/mol. The normalized spacial score (nSPS) is 16.6. The van der Waals surface area contributed by atoms with Crippen molar-refractivity contribution in [3.8, 4) is 0 Å². The van der Waals surface area contributed by atoms with Gasteiger partial charge in [-0.05, 0) is 39.4 Å². The summed E-state index contributed by atoms with van der Waals surface area (Å²) in [6.45, 7) is 0.751. The number of hydrogen-bond donors (Lipinski definition) is 2. The number of esters is 1. The summed E-state index contributed by atoms with van der Waals surface area (Å²) in [6.07, 6.45) is 5.07. The number of pyridine rings is 1. The minimum absolute atomic E-state index is 0.149. The van der Waals surface area contributed by atoms with Crippen molar-refractivity contribution in [2.24, 2.45) is 0 Å². The fourth-order valence-electron chi connectivity index (χ4n) is 2.50. The van der Waals surface area contributed by atoms with E-state index in [1.54, 1.807) is 6.07 Å². The number of nitrogens with two attached hydrogens (primary N) is 1. The number of rotatable bonds is 5. The van der Waals surface area contributed by atoms with Crippen LogP contribution in [0.25, 0.3) is 0 Å². The molecule has 6 heteroatoms. The summed E-state index contributed by atoms with van der Waals surface area (Å²) in [5, 5.41) is 3.27. The molecule has 3 N–H and O–H groups in total. The van der Waals surface area contributed by atoms with E-state index in [9.17, 15) is 4.79 Å². The van der Waals surface area contributed by atoms with Gasteiger partial charge in [-0.15, -0.1) is 0 Å². The van der Waals surface area contributed by atoms with E-state index >= 15 is 0 Å². The molecule has 1 saturated carbocycles. The number of carbonyl (C=O) groups is 1. The van der Waals surface area contributed by atoms with Gasteiger partial charge < -0.3 is 20.7 Å². The number of methoxy groups -OCH3 is 1. The van der Waals surface area contributed by atoms with Crippen molar-refractivity contribution in [3.63, 3.8) is 0 Å². The number of likely N-dealkylation sites (N-methyl/N-ethyl adjacent to an activating group) is 1. The van der Waals surface area contributed by atoms with Crippen LogP contribution in [0.2, 0.25) is 0 Å². The SMILES string of the molecule is COC(=O)c1cc(N)cnc1NCC1(N(C)C)CCC1. The zero-order valence-corrected chi connectivity index (χ0v) is 12.3. The van der Waals surface area contributed by atoms with Crippen molar-refractivity contribution in [1.82, 2.24) is 9.88 Å². The Hall–Kier alpha value is -1.82. The molecule has 0 atom stereocenters. The van der Waals surface area contributed by atoms with E-state index in [-0.39, 0.29) is 5.54 Å². The van der Waals surface area contributed by atoms with Gasteiger partial charge in [-0.25, -0.2) is 9.78 Å². The maximum atomic E-state index is 11.8. The lowest BCUT2D eigenvalue weighted by Gasteiger charge is -2.47. The van der Waals surface area contributed by atoms with Gasteiger partial charge in [-0.2, -0.15) is 0 Å². The molecule has 2 rings (SSSR count). The lowest BCUT2D eigenvalue weighted by atomic mass is 9.75. The van der Waals surface area contributed by atoms with E-state index in [1.807, 2.05) is 0 Å². The van der Waals surface area contributed by atoms with Crippen molar-refractivity contribution >= 4 is 17.5 Å². The molecule has 0 aliphatic heterocycles. The van der Waals surface area contributed by atoms with Crippen LogP contribution in [-0.4, -0.2) is 49.1 Å². The van der Waals surface area contributed by atoms with Gasteiger partial charge in [0.25, 0.3) is 0 Å². The summed E-state index contributed by atoms with van der Waals surface area (Å²) >= 11 is 0. The van der Waals surface area contributed by atoms with Gasteiger partial charge in [0.15, 0.2) is 0 Å². The van der Waals surface area contributed by atoms with Crippen molar-refractivity contribution in [3.05, 3.63) is 17.8 Å². The monoisotopic (exact) mass is 278 g/mol. The molecule has 1 aliphatic carbocycles. The molecule has 1 fully saturated rings. The Kier molecular flexibility index (Phi) is 4.13. The first-order chi connectivity index (χ1) is 9.48. The summed E-state index contributed by atoms with van der Waals surface area (Å²) in [5.41, 5.74) is 6.65. The number of anilines is 2. The van der Waals surface area contributed by atoms with Crippen LogP contribution >= 0.6 is 0 Å². The van der Waals surface area contributed by atoms with Crippen LogP contribution in [0.5, 0.6) is 0 Å². The summed E-state index contributed by atoms with van der Waals surface area (Å²) in [5.74, 6) is 0.0963. The highest BCUT2D eigenvalue weighted by atomic mass is 16.5. The number of carbonyl (C=O) groups excluding carboxylic acids is 1. The average Bonchev–Trinajstić information content (AvgIpc) is 2.37. The molecule has 1 heterocycles. The second kappa shape index (κ2) is 5.66. The quantitative estimate of drug-likeness (QED) is 0.791. The fourth-order valence-corrected chi connectivity index (χ4v) is 2.50. The Morgan fingerprint density at radius 1 is 1.55 bits per heavy atom. The molecule has 0 aromatic carbocycles. The molecular formula is C14H22N4O2. The zero-order valence-electron chi connectivity index (χ0n) is 12.3. The molecule has 0 amide bonds. The highest BCUT2D eigenvalue weighted by Gasteiger charge is 2.39. The Balaban J connectivity index is 2.15. The van der Waals surface area contributed by atoms with E-state index < -0.39 is 5.97 Å². The molecule has 6 nitrogen and oxygen atoms in total. The van der Waals surface area contributed by atoms with Gasteiger partial charge in [0.05, 0.1) is 19.0 Å². The lowest BCUT2D eigenvalue weighted by Crippen LogP contribution is -2.54. The Labute approximate surface area is 119 Å². The summed E-state index contributed by atoms with van der Waals surface area (Å²) < 4.78 is 4.77. The molecule has 1 aromatic heterocycles. The fraction of sp³-hybridized carbons (Fsp3) is 0.571. The molecule has 110 valence electrons. The maximum absolute atomic E-state index is 11.8. The predicted octanol–water partition coefficient (Wildman–Crippen LogP) is 1.35. The third kappa shape index (κ3) is 2.70. The Morgan fingerprint density at radius 3 is 2.75 bits per heavy atom. The molecule has 0 unspecified atom stereocenters. The van der Waals surface area contributed by atoms with Crippen LogP contribution < -0.4 is 11.1 Å². The van der Waals surface area contributed by atoms with E-state index in [1.165, 1.54) is 19.7 Å². The number of nitrogens with zero attached hydrogens (tertiary/aromatic N) is 2. The van der Waals surface area contributed by atoms with Crippen molar-refractivity contribution in [2.45, 2.75) is 24.8 Å². The van der Waals surface area contributed by atoms with Gasteiger partial charge in [-0.3, -0.25) is 0 Å². The van der Waals surface area contributed by atoms with Crippen LogP contribution in [0.4, 0.5) is 11.5 Å². The predicted molar refractivity (Wildman–Crippen MR) is 78.7 cm³/mol. The standard InChI is InChI=1S/C14H22N4O2/c1-18(2)14(5-4-6-14)9-17-12-11(13(19)20-3)7-10(15)8-16-12/h7-8H,4-6,9,15H2,1-3H3,(H,16,17). The van der Waals surface area contributed by atoms with Gasteiger partial charge in [0.1, 0.15) is 11.4 Å². The largest absolute Gasteiger partial charge is 0.465 e. The first kappa shape index (κ1) is 14.6. The molecule has 20 heavy (non-hydrogen) atoms. The molecule has 0 bridgehead atoms. The first-order valence-corrected chi connectivity index (χ1v) is 6.74. The highest BCUT2D eigenvalue weighted by Crippen LogP contribution is 2.36.